The first-order valence-corrected chi connectivity index (χ1v) is 6.92. The highest BCUT2D eigenvalue weighted by Gasteiger charge is 2.08. The van der Waals surface area contributed by atoms with Crippen LogP contribution in [0.2, 0.25) is 0 Å². The molecule has 0 amide bonds. The normalized spacial score (nSPS) is 13.7. The lowest BCUT2D eigenvalue weighted by Gasteiger charge is -2.22. The van der Waals surface area contributed by atoms with Crippen LogP contribution in [0, 0.1) is 0 Å². The third-order valence-electron chi connectivity index (χ3n) is 2.60. The fourth-order valence-electron chi connectivity index (χ4n) is 1.60. The van der Waals surface area contributed by atoms with Crippen molar-refractivity contribution in [2.75, 3.05) is 13.1 Å². The SMILES string of the molecule is CC(NCCNC(C)(C)C)c1ccc(Br)cc1. The molecule has 0 aliphatic carbocycles. The predicted octanol–water partition coefficient (Wildman–Crippen LogP) is 3.49. The maximum atomic E-state index is 3.51. The number of halogens is 1. The van der Waals surface area contributed by atoms with E-state index in [0.717, 1.165) is 17.6 Å². The summed E-state index contributed by atoms with van der Waals surface area (Å²) in [6.07, 6.45) is 0. The van der Waals surface area contributed by atoms with Crippen LogP contribution in [0.1, 0.15) is 39.3 Å². The molecule has 0 aliphatic rings. The van der Waals surface area contributed by atoms with E-state index in [-0.39, 0.29) is 5.54 Å². The van der Waals surface area contributed by atoms with Gasteiger partial charge in [-0.05, 0) is 45.4 Å². The van der Waals surface area contributed by atoms with E-state index >= 15 is 0 Å². The largest absolute Gasteiger partial charge is 0.311 e. The Bertz CT molecular complexity index is 327. The molecular formula is C14H23BrN2. The highest BCUT2D eigenvalue weighted by Crippen LogP contribution is 2.16. The third kappa shape index (κ3) is 6.20. The number of rotatable bonds is 5. The fourth-order valence-corrected chi connectivity index (χ4v) is 1.86. The van der Waals surface area contributed by atoms with Gasteiger partial charge in [-0.2, -0.15) is 0 Å². The summed E-state index contributed by atoms with van der Waals surface area (Å²) in [6.45, 7) is 10.7. The molecule has 1 atom stereocenters. The standard InChI is InChI=1S/C14H23BrN2/c1-11(12-5-7-13(15)8-6-12)16-9-10-17-14(2,3)4/h5-8,11,16-17H,9-10H2,1-4H3. The van der Waals surface area contributed by atoms with Gasteiger partial charge in [-0.25, -0.2) is 0 Å². The van der Waals surface area contributed by atoms with Crippen LogP contribution >= 0.6 is 15.9 Å². The number of benzene rings is 1. The van der Waals surface area contributed by atoms with E-state index in [9.17, 15) is 0 Å². The second-order valence-electron chi connectivity index (χ2n) is 5.40. The molecule has 1 aromatic rings. The van der Waals surface area contributed by atoms with E-state index in [1.807, 2.05) is 0 Å². The Morgan fingerprint density at radius 2 is 1.71 bits per heavy atom. The van der Waals surface area contributed by atoms with E-state index in [4.69, 9.17) is 0 Å². The minimum absolute atomic E-state index is 0.197. The summed E-state index contributed by atoms with van der Waals surface area (Å²) in [4.78, 5) is 0. The topological polar surface area (TPSA) is 24.1 Å². The van der Waals surface area contributed by atoms with Gasteiger partial charge in [-0.15, -0.1) is 0 Å². The van der Waals surface area contributed by atoms with Gasteiger partial charge < -0.3 is 10.6 Å². The van der Waals surface area contributed by atoms with E-state index in [0.29, 0.717) is 6.04 Å². The van der Waals surface area contributed by atoms with Crippen molar-refractivity contribution < 1.29 is 0 Å². The molecule has 1 aromatic carbocycles. The van der Waals surface area contributed by atoms with Gasteiger partial charge in [-0.3, -0.25) is 0 Å². The van der Waals surface area contributed by atoms with Crippen molar-refractivity contribution in [2.45, 2.75) is 39.3 Å². The van der Waals surface area contributed by atoms with Gasteiger partial charge in [0.15, 0.2) is 0 Å². The van der Waals surface area contributed by atoms with Crippen LogP contribution in [-0.2, 0) is 0 Å². The molecule has 0 aromatic heterocycles. The molecule has 0 radical (unpaired) electrons. The molecule has 17 heavy (non-hydrogen) atoms. The molecule has 2 nitrogen and oxygen atoms in total. The lowest BCUT2D eigenvalue weighted by Crippen LogP contribution is -2.40. The van der Waals surface area contributed by atoms with Crippen LogP contribution < -0.4 is 10.6 Å². The number of hydrogen-bond donors (Lipinski definition) is 2. The van der Waals surface area contributed by atoms with Gasteiger partial charge in [0, 0.05) is 29.1 Å². The van der Waals surface area contributed by atoms with Gasteiger partial charge in [0.05, 0.1) is 0 Å². The van der Waals surface area contributed by atoms with E-state index in [1.54, 1.807) is 0 Å². The summed E-state index contributed by atoms with van der Waals surface area (Å²) >= 11 is 3.45. The second-order valence-corrected chi connectivity index (χ2v) is 6.32. The third-order valence-corrected chi connectivity index (χ3v) is 3.13. The van der Waals surface area contributed by atoms with Gasteiger partial charge in [0.2, 0.25) is 0 Å². The Hall–Kier alpha value is -0.380. The molecular weight excluding hydrogens is 276 g/mol. The highest BCUT2D eigenvalue weighted by atomic mass is 79.9. The molecule has 0 bridgehead atoms. The Morgan fingerprint density at radius 3 is 2.24 bits per heavy atom. The second kappa shape index (κ2) is 6.53. The minimum Gasteiger partial charge on any atom is -0.311 e. The zero-order valence-corrected chi connectivity index (χ0v) is 12.8. The average molecular weight is 299 g/mol. The lowest BCUT2D eigenvalue weighted by atomic mass is 10.1. The molecule has 0 heterocycles. The smallest absolute Gasteiger partial charge is 0.0292 e. The Morgan fingerprint density at radius 1 is 1.12 bits per heavy atom. The summed E-state index contributed by atoms with van der Waals surface area (Å²) in [5, 5.41) is 6.98. The van der Waals surface area contributed by atoms with Crippen molar-refractivity contribution in [3.63, 3.8) is 0 Å². The Labute approximate surface area is 113 Å². The summed E-state index contributed by atoms with van der Waals surface area (Å²) in [6, 6.07) is 8.87. The highest BCUT2D eigenvalue weighted by molar-refractivity contribution is 9.10. The van der Waals surface area contributed by atoms with Crippen molar-refractivity contribution in [2.24, 2.45) is 0 Å². The molecule has 0 spiro atoms. The summed E-state index contributed by atoms with van der Waals surface area (Å²) in [5.41, 5.74) is 1.52. The quantitative estimate of drug-likeness (QED) is 0.813. The van der Waals surface area contributed by atoms with Crippen LogP contribution in [0.15, 0.2) is 28.7 Å². The molecule has 0 saturated carbocycles. The maximum absolute atomic E-state index is 3.51. The van der Waals surface area contributed by atoms with Crippen LogP contribution in [-0.4, -0.2) is 18.6 Å². The van der Waals surface area contributed by atoms with E-state index in [1.165, 1.54) is 5.56 Å². The van der Waals surface area contributed by atoms with Crippen molar-refractivity contribution in [1.29, 1.82) is 0 Å². The Kier molecular flexibility index (Phi) is 5.63. The van der Waals surface area contributed by atoms with Crippen molar-refractivity contribution in [3.05, 3.63) is 34.3 Å². The fraction of sp³-hybridized carbons (Fsp3) is 0.571. The molecule has 0 fully saturated rings. The zero-order valence-electron chi connectivity index (χ0n) is 11.2. The first-order valence-electron chi connectivity index (χ1n) is 6.12. The number of hydrogen-bond acceptors (Lipinski definition) is 2. The van der Waals surface area contributed by atoms with Gasteiger partial charge >= 0.3 is 0 Å². The maximum Gasteiger partial charge on any atom is 0.0292 e. The van der Waals surface area contributed by atoms with Crippen molar-refractivity contribution in [3.8, 4) is 0 Å². The van der Waals surface area contributed by atoms with Gasteiger partial charge in [-0.1, -0.05) is 28.1 Å². The summed E-state index contributed by atoms with van der Waals surface area (Å²) in [7, 11) is 0. The van der Waals surface area contributed by atoms with E-state index in [2.05, 4.69) is 78.5 Å². The van der Waals surface area contributed by atoms with Crippen molar-refractivity contribution >= 4 is 15.9 Å². The predicted molar refractivity (Wildman–Crippen MR) is 78.3 cm³/mol. The average Bonchev–Trinajstić information content (AvgIpc) is 2.24. The molecule has 1 rings (SSSR count). The first kappa shape index (κ1) is 14.7. The summed E-state index contributed by atoms with van der Waals surface area (Å²) in [5.74, 6) is 0. The number of nitrogens with one attached hydrogen (secondary N) is 2. The lowest BCUT2D eigenvalue weighted by molar-refractivity contribution is 0.414. The van der Waals surface area contributed by atoms with Crippen molar-refractivity contribution in [1.82, 2.24) is 10.6 Å². The van der Waals surface area contributed by atoms with Crippen LogP contribution in [0.5, 0.6) is 0 Å². The minimum atomic E-state index is 0.197. The first-order chi connectivity index (χ1) is 7.88. The zero-order chi connectivity index (χ0) is 12.9. The van der Waals surface area contributed by atoms with Crippen LogP contribution in [0.4, 0.5) is 0 Å². The molecule has 2 N–H and O–H groups in total. The molecule has 3 heteroatoms. The molecule has 0 aliphatic heterocycles. The van der Waals surface area contributed by atoms with Gasteiger partial charge in [0.1, 0.15) is 0 Å². The molecule has 96 valence electrons. The molecule has 1 unspecified atom stereocenters. The Balaban J connectivity index is 2.30. The summed E-state index contributed by atoms with van der Waals surface area (Å²) < 4.78 is 1.13. The molecule has 0 saturated heterocycles. The van der Waals surface area contributed by atoms with Gasteiger partial charge in [0.25, 0.3) is 0 Å². The van der Waals surface area contributed by atoms with E-state index < -0.39 is 0 Å². The monoisotopic (exact) mass is 298 g/mol. The van der Waals surface area contributed by atoms with Crippen LogP contribution in [0.25, 0.3) is 0 Å². The van der Waals surface area contributed by atoms with Crippen LogP contribution in [0.3, 0.4) is 0 Å².